The molecule has 0 aliphatic carbocycles. The van der Waals surface area contributed by atoms with E-state index < -0.39 is 11.6 Å². The van der Waals surface area contributed by atoms with Crippen molar-refractivity contribution in [3.05, 3.63) is 89.8 Å². The van der Waals surface area contributed by atoms with E-state index in [9.17, 15) is 13.6 Å². The Kier molecular flexibility index (Phi) is 7.87. The third-order valence-corrected chi connectivity index (χ3v) is 8.29. The summed E-state index contributed by atoms with van der Waals surface area (Å²) in [6.45, 7) is 5.11. The molecule has 0 N–H and O–H groups in total. The number of carbonyl (C=O) groups excluding carboxylic acids is 1. The van der Waals surface area contributed by atoms with Crippen LogP contribution < -0.4 is 9.64 Å². The number of fused-ring (bicyclic) bond motifs is 1. The Balaban J connectivity index is 1.12. The quantitative estimate of drug-likeness (QED) is 0.321. The molecular weight excluding hydrogens is 524 g/mol. The van der Waals surface area contributed by atoms with Crippen LogP contribution in [-0.4, -0.2) is 71.6 Å². The lowest BCUT2D eigenvalue weighted by Gasteiger charge is -2.39. The molecule has 2 aliphatic heterocycles. The summed E-state index contributed by atoms with van der Waals surface area (Å²) in [6, 6.07) is 20.0. The standard InChI is InChI=1S/C32H35F2N5O2/c1-41-26-11-8-23(9-12-26)20-39-30-7-3-2-6-28(30)35-31(39)22-36-14-4-5-24(21-36)32(40)38-17-15-37(16-18-38)29-13-10-25(33)19-27(29)34/h2-3,6-13,19,24H,4-5,14-18,20-22H2,1H3/t24-/m1/s1. The van der Waals surface area contributed by atoms with E-state index in [1.807, 2.05) is 40.1 Å². The zero-order valence-electron chi connectivity index (χ0n) is 23.3. The maximum Gasteiger partial charge on any atom is 0.227 e. The van der Waals surface area contributed by atoms with Crippen molar-refractivity contribution in [2.45, 2.75) is 25.9 Å². The number of likely N-dealkylation sites (tertiary alicyclic amines) is 1. The van der Waals surface area contributed by atoms with Crippen LogP contribution in [0.5, 0.6) is 5.75 Å². The zero-order chi connectivity index (χ0) is 28.3. The molecule has 2 fully saturated rings. The van der Waals surface area contributed by atoms with Crippen LogP contribution in [0.25, 0.3) is 11.0 Å². The third kappa shape index (κ3) is 5.91. The first kappa shape index (κ1) is 27.2. The van der Waals surface area contributed by atoms with Gasteiger partial charge in [0, 0.05) is 45.3 Å². The van der Waals surface area contributed by atoms with Gasteiger partial charge in [-0.3, -0.25) is 9.69 Å². The van der Waals surface area contributed by atoms with E-state index in [4.69, 9.17) is 9.72 Å². The van der Waals surface area contributed by atoms with Gasteiger partial charge in [0.05, 0.1) is 36.3 Å². The summed E-state index contributed by atoms with van der Waals surface area (Å²) in [7, 11) is 1.67. The first-order valence-electron chi connectivity index (χ1n) is 14.3. The number of hydrogen-bond acceptors (Lipinski definition) is 5. The highest BCUT2D eigenvalue weighted by Gasteiger charge is 2.32. The minimum absolute atomic E-state index is 0.0720. The van der Waals surface area contributed by atoms with Gasteiger partial charge in [0.15, 0.2) is 0 Å². The Morgan fingerprint density at radius 3 is 2.49 bits per heavy atom. The van der Waals surface area contributed by atoms with Gasteiger partial charge in [0.1, 0.15) is 23.2 Å². The average Bonchev–Trinajstić information content (AvgIpc) is 3.34. The van der Waals surface area contributed by atoms with Crippen molar-refractivity contribution < 1.29 is 18.3 Å². The number of piperazine rings is 1. The van der Waals surface area contributed by atoms with Crippen LogP contribution in [0.3, 0.4) is 0 Å². The monoisotopic (exact) mass is 559 g/mol. The van der Waals surface area contributed by atoms with Crippen molar-refractivity contribution in [1.82, 2.24) is 19.4 Å². The lowest BCUT2D eigenvalue weighted by Crippen LogP contribution is -2.52. The minimum Gasteiger partial charge on any atom is -0.497 e. The largest absolute Gasteiger partial charge is 0.497 e. The molecule has 1 amide bonds. The number of methoxy groups -OCH3 is 1. The number of amides is 1. The van der Waals surface area contributed by atoms with Gasteiger partial charge < -0.3 is 19.1 Å². The van der Waals surface area contributed by atoms with Gasteiger partial charge in [-0.25, -0.2) is 13.8 Å². The number of rotatable bonds is 7. The van der Waals surface area contributed by atoms with Crippen LogP contribution in [0, 0.1) is 17.6 Å². The molecule has 0 bridgehead atoms. The molecule has 6 rings (SSSR count). The molecular formula is C32H35F2N5O2. The molecule has 3 heterocycles. The maximum atomic E-state index is 14.3. The summed E-state index contributed by atoms with van der Waals surface area (Å²) in [5.74, 6) is 0.768. The van der Waals surface area contributed by atoms with Gasteiger partial charge in [0.25, 0.3) is 0 Å². The van der Waals surface area contributed by atoms with E-state index in [0.29, 0.717) is 51.5 Å². The Morgan fingerprint density at radius 2 is 1.73 bits per heavy atom. The molecule has 1 atom stereocenters. The van der Waals surface area contributed by atoms with Crippen molar-refractivity contribution in [3.63, 3.8) is 0 Å². The summed E-state index contributed by atoms with van der Waals surface area (Å²) >= 11 is 0. The number of halogens is 2. The zero-order valence-corrected chi connectivity index (χ0v) is 23.3. The number of nitrogens with zero attached hydrogens (tertiary/aromatic N) is 5. The fourth-order valence-corrected chi connectivity index (χ4v) is 6.10. The van der Waals surface area contributed by atoms with E-state index >= 15 is 0 Å². The fraction of sp³-hybridized carbons (Fsp3) is 0.375. The van der Waals surface area contributed by atoms with Crippen molar-refractivity contribution in [2.24, 2.45) is 5.92 Å². The van der Waals surface area contributed by atoms with Crippen molar-refractivity contribution in [2.75, 3.05) is 51.3 Å². The highest BCUT2D eigenvalue weighted by Crippen LogP contribution is 2.26. The number of imidazole rings is 1. The Morgan fingerprint density at radius 1 is 0.951 bits per heavy atom. The second-order valence-corrected chi connectivity index (χ2v) is 10.9. The molecule has 2 aliphatic rings. The summed E-state index contributed by atoms with van der Waals surface area (Å²) < 4.78 is 35.2. The minimum atomic E-state index is -0.585. The number of benzene rings is 3. The van der Waals surface area contributed by atoms with Gasteiger partial charge in [-0.1, -0.05) is 24.3 Å². The number of anilines is 1. The van der Waals surface area contributed by atoms with E-state index in [1.54, 1.807) is 7.11 Å². The molecule has 1 aromatic heterocycles. The Bertz CT molecular complexity index is 1510. The number of para-hydroxylation sites is 2. The fourth-order valence-electron chi connectivity index (χ4n) is 6.10. The molecule has 0 spiro atoms. The molecule has 214 valence electrons. The van der Waals surface area contributed by atoms with Gasteiger partial charge in [-0.05, 0) is 61.3 Å². The number of piperidine rings is 1. The normalized spacial score (nSPS) is 18.2. The van der Waals surface area contributed by atoms with E-state index in [2.05, 4.69) is 27.7 Å². The summed E-state index contributed by atoms with van der Waals surface area (Å²) in [6.07, 6.45) is 1.82. The highest BCUT2D eigenvalue weighted by molar-refractivity contribution is 5.79. The SMILES string of the molecule is COc1ccc(Cn2c(CN3CCC[C@@H](C(=O)N4CCN(c5ccc(F)cc5F)CC4)C3)nc3ccccc32)cc1. The van der Waals surface area contributed by atoms with Crippen LogP contribution in [-0.2, 0) is 17.9 Å². The van der Waals surface area contributed by atoms with Crippen LogP contribution in [0.2, 0.25) is 0 Å². The molecule has 4 aromatic rings. The van der Waals surface area contributed by atoms with Crippen molar-refractivity contribution in [3.8, 4) is 5.75 Å². The Labute approximate surface area is 238 Å². The number of aromatic nitrogens is 2. The van der Waals surface area contributed by atoms with Gasteiger partial charge >= 0.3 is 0 Å². The third-order valence-electron chi connectivity index (χ3n) is 8.29. The first-order valence-corrected chi connectivity index (χ1v) is 14.3. The lowest BCUT2D eigenvalue weighted by molar-refractivity contribution is -0.137. The second kappa shape index (κ2) is 11.9. The molecule has 2 saturated heterocycles. The topological polar surface area (TPSA) is 53.8 Å². The molecule has 0 radical (unpaired) electrons. The Hall–Kier alpha value is -3.98. The van der Waals surface area contributed by atoms with Gasteiger partial charge in [0.2, 0.25) is 5.91 Å². The molecule has 7 nitrogen and oxygen atoms in total. The van der Waals surface area contributed by atoms with Crippen molar-refractivity contribution >= 4 is 22.6 Å². The average molecular weight is 560 g/mol. The molecule has 41 heavy (non-hydrogen) atoms. The predicted molar refractivity (Wildman–Crippen MR) is 155 cm³/mol. The van der Waals surface area contributed by atoms with E-state index in [0.717, 1.165) is 48.1 Å². The van der Waals surface area contributed by atoms with Crippen LogP contribution in [0.1, 0.15) is 24.2 Å². The molecule has 3 aromatic carbocycles. The molecule has 0 saturated carbocycles. The van der Waals surface area contributed by atoms with Crippen molar-refractivity contribution in [1.29, 1.82) is 0 Å². The van der Waals surface area contributed by atoms with Crippen LogP contribution in [0.4, 0.5) is 14.5 Å². The van der Waals surface area contributed by atoms with E-state index in [1.165, 1.54) is 17.7 Å². The highest BCUT2D eigenvalue weighted by atomic mass is 19.1. The van der Waals surface area contributed by atoms with Crippen LogP contribution >= 0.6 is 0 Å². The van der Waals surface area contributed by atoms with E-state index in [-0.39, 0.29) is 11.8 Å². The second-order valence-electron chi connectivity index (χ2n) is 10.9. The summed E-state index contributed by atoms with van der Waals surface area (Å²) in [4.78, 5) is 24.7. The maximum absolute atomic E-state index is 14.3. The number of ether oxygens (including phenoxy) is 1. The first-order chi connectivity index (χ1) is 20.0. The van der Waals surface area contributed by atoms with Gasteiger partial charge in [-0.2, -0.15) is 0 Å². The smallest absolute Gasteiger partial charge is 0.227 e. The predicted octanol–water partition coefficient (Wildman–Crippen LogP) is 4.93. The van der Waals surface area contributed by atoms with Gasteiger partial charge in [-0.15, -0.1) is 0 Å². The lowest BCUT2D eigenvalue weighted by atomic mass is 9.96. The summed E-state index contributed by atoms with van der Waals surface area (Å²) in [5, 5.41) is 0. The summed E-state index contributed by atoms with van der Waals surface area (Å²) in [5.41, 5.74) is 3.62. The molecule has 0 unspecified atom stereocenters. The molecule has 9 heteroatoms. The number of hydrogen-bond donors (Lipinski definition) is 0. The van der Waals surface area contributed by atoms with Crippen LogP contribution in [0.15, 0.2) is 66.7 Å². The number of carbonyl (C=O) groups is 1.